The van der Waals surface area contributed by atoms with Crippen molar-refractivity contribution in [3.63, 3.8) is 0 Å². The molecule has 0 heterocycles. The van der Waals surface area contributed by atoms with Gasteiger partial charge in [-0.15, -0.1) is 23.2 Å². The van der Waals surface area contributed by atoms with Crippen LogP contribution in [0.2, 0.25) is 0 Å². The second-order valence-corrected chi connectivity index (χ2v) is 12.4. The molecule has 0 aliphatic rings. The van der Waals surface area contributed by atoms with Crippen LogP contribution in [-0.4, -0.2) is 48.4 Å². The fraction of sp³-hybridized carbons (Fsp3) is 0.500. The van der Waals surface area contributed by atoms with Crippen molar-refractivity contribution in [3.8, 4) is 11.5 Å². The quantitative estimate of drug-likeness (QED) is 0.163. The second kappa shape index (κ2) is 15.7. The molecule has 0 bridgehead atoms. The van der Waals surface area contributed by atoms with Gasteiger partial charge in [0.15, 0.2) is 0 Å². The Balaban J connectivity index is 0.000000732. The number of carbonyl (C=O) groups is 3. The molecule has 2 rings (SSSR count). The Labute approximate surface area is 247 Å². The van der Waals surface area contributed by atoms with E-state index in [0.717, 1.165) is 11.1 Å². The molecule has 0 radical (unpaired) electrons. The molecule has 224 valence electrons. The van der Waals surface area contributed by atoms with Crippen LogP contribution in [0.4, 0.5) is 4.79 Å². The zero-order valence-corrected chi connectivity index (χ0v) is 26.7. The maximum Gasteiger partial charge on any atom is 0.514 e. The van der Waals surface area contributed by atoms with Crippen LogP contribution in [-0.2, 0) is 25.0 Å². The van der Waals surface area contributed by atoms with E-state index >= 15 is 0 Å². The summed E-state index contributed by atoms with van der Waals surface area (Å²) in [7, 11) is 2.58. The van der Waals surface area contributed by atoms with Gasteiger partial charge in [-0.1, -0.05) is 53.7 Å². The largest absolute Gasteiger partial charge is 0.514 e. The minimum atomic E-state index is -0.860. The van der Waals surface area contributed by atoms with Crippen molar-refractivity contribution in [1.82, 2.24) is 0 Å². The van der Waals surface area contributed by atoms with Gasteiger partial charge < -0.3 is 24.1 Å². The van der Waals surface area contributed by atoms with Crippen LogP contribution in [0.15, 0.2) is 36.4 Å². The molecule has 0 amide bonds. The number of halogens is 2. The number of phenols is 1. The lowest BCUT2D eigenvalue weighted by Crippen LogP contribution is -2.26. The number of esters is 2. The van der Waals surface area contributed by atoms with Gasteiger partial charge in [-0.2, -0.15) is 0 Å². The number of rotatable bonds is 3. The summed E-state index contributed by atoms with van der Waals surface area (Å²) in [5, 5.41) is 9.70. The summed E-state index contributed by atoms with van der Waals surface area (Å²) in [5.41, 5.74) is 1.45. The number of alkyl halides is 2. The number of carbonyl (C=O) groups excluding carboxylic acids is 3. The fourth-order valence-corrected chi connectivity index (χ4v) is 2.99. The highest BCUT2D eigenvalue weighted by atomic mass is 35.5. The number of ether oxygens (including phenoxy) is 4. The van der Waals surface area contributed by atoms with Gasteiger partial charge in [0, 0.05) is 0 Å². The Bertz CT molecular complexity index is 1140. The van der Waals surface area contributed by atoms with E-state index in [9.17, 15) is 19.5 Å². The molecule has 0 spiro atoms. The molecule has 0 saturated carbocycles. The monoisotopic (exact) mass is 600 g/mol. The summed E-state index contributed by atoms with van der Waals surface area (Å²) in [6, 6.07) is 10.1. The van der Waals surface area contributed by atoms with Crippen LogP contribution in [0, 0.1) is 0 Å². The van der Waals surface area contributed by atoms with Crippen molar-refractivity contribution in [2.75, 3.05) is 19.6 Å². The van der Waals surface area contributed by atoms with Gasteiger partial charge in [0.05, 0.1) is 19.6 Å². The number of aromatic hydroxyl groups is 1. The van der Waals surface area contributed by atoms with E-state index in [0.29, 0.717) is 0 Å². The molecule has 0 aromatic heterocycles. The minimum absolute atomic E-state index is 0.0464. The highest BCUT2D eigenvalue weighted by molar-refractivity contribution is 6.40. The summed E-state index contributed by atoms with van der Waals surface area (Å²) < 4.78 is 19.6. The van der Waals surface area contributed by atoms with Crippen LogP contribution in [0.25, 0.3) is 0 Å². The Morgan fingerprint density at radius 2 is 1.12 bits per heavy atom. The molecule has 0 fully saturated rings. The van der Waals surface area contributed by atoms with Crippen molar-refractivity contribution in [2.45, 2.75) is 78.7 Å². The topological polar surface area (TPSA) is 108 Å². The third kappa shape index (κ3) is 12.9. The van der Waals surface area contributed by atoms with E-state index in [1.54, 1.807) is 39.0 Å². The van der Waals surface area contributed by atoms with Crippen molar-refractivity contribution in [1.29, 1.82) is 0 Å². The van der Waals surface area contributed by atoms with Gasteiger partial charge in [-0.25, -0.2) is 14.4 Å². The second-order valence-electron chi connectivity index (χ2n) is 11.6. The zero-order chi connectivity index (χ0) is 31.5. The average molecular weight is 602 g/mol. The van der Waals surface area contributed by atoms with Gasteiger partial charge in [0.25, 0.3) is 0 Å². The molecule has 8 nitrogen and oxygen atoms in total. The fourth-order valence-electron chi connectivity index (χ4n) is 2.99. The maximum atomic E-state index is 11.9. The molecule has 10 heteroatoms. The van der Waals surface area contributed by atoms with Crippen LogP contribution < -0.4 is 4.74 Å². The van der Waals surface area contributed by atoms with E-state index < -0.39 is 23.7 Å². The van der Waals surface area contributed by atoms with E-state index in [1.165, 1.54) is 20.3 Å². The number of methoxy groups -OCH3 is 2. The Hall–Kier alpha value is -2.97. The van der Waals surface area contributed by atoms with Crippen molar-refractivity contribution in [3.05, 3.63) is 58.7 Å². The number of benzene rings is 2. The summed E-state index contributed by atoms with van der Waals surface area (Å²) in [6.45, 7) is 17.4. The Kier molecular flexibility index (Phi) is 14.6. The average Bonchev–Trinajstić information content (AvgIpc) is 2.82. The molecule has 2 aromatic rings. The number of hydrogen-bond acceptors (Lipinski definition) is 8. The minimum Gasteiger partial charge on any atom is -0.507 e. The first-order valence-corrected chi connectivity index (χ1v) is 13.5. The molecule has 0 aliphatic carbocycles. The van der Waals surface area contributed by atoms with Crippen molar-refractivity contribution >= 4 is 41.3 Å². The van der Waals surface area contributed by atoms with Crippen LogP contribution >= 0.6 is 23.2 Å². The lowest BCUT2D eigenvalue weighted by molar-refractivity contribution is 0.0203. The van der Waals surface area contributed by atoms with E-state index in [4.69, 9.17) is 37.4 Å². The summed E-state index contributed by atoms with van der Waals surface area (Å²) in [6.07, 6.45) is -0.860. The van der Waals surface area contributed by atoms with Crippen LogP contribution in [0.5, 0.6) is 11.5 Å². The molecule has 0 atom stereocenters. The van der Waals surface area contributed by atoms with E-state index in [1.807, 2.05) is 53.7 Å². The standard InChI is InChI=1S/C17H24O5.C12H16O3.CH2Cl2/c1-16(2,3)11-8-9-13(12(10-11)14(18)20-7)21-15(19)22-17(4,5)6;1-12(2,3)8-5-6-10(13)9(7-8)11(14)15-4;2-1-3/h8-10H,1-7H3;5-7,13H,1-4H3;1H2. The number of hydrogen-bond donors (Lipinski definition) is 1. The maximum absolute atomic E-state index is 11.9. The van der Waals surface area contributed by atoms with Crippen molar-refractivity contribution < 1.29 is 38.4 Å². The SMILES string of the molecule is COC(=O)c1cc(C(C)(C)C)ccc1O.COC(=O)c1cc(C(C)(C)C)ccc1OC(=O)OC(C)(C)C.ClCCl. The first kappa shape index (κ1) is 37.0. The number of phenolic OH excluding ortho intramolecular Hbond substituents is 1. The van der Waals surface area contributed by atoms with Crippen LogP contribution in [0.1, 0.15) is 94.2 Å². The van der Waals surface area contributed by atoms with Crippen LogP contribution in [0.3, 0.4) is 0 Å². The normalized spacial score (nSPS) is 11.1. The lowest BCUT2D eigenvalue weighted by Gasteiger charge is -2.22. The molecule has 1 N–H and O–H groups in total. The Morgan fingerprint density at radius 3 is 1.52 bits per heavy atom. The van der Waals surface area contributed by atoms with Gasteiger partial charge in [0.1, 0.15) is 28.2 Å². The molecule has 2 aromatic carbocycles. The zero-order valence-electron chi connectivity index (χ0n) is 25.2. The first-order valence-electron chi connectivity index (χ1n) is 12.4. The highest BCUT2D eigenvalue weighted by Gasteiger charge is 2.24. The van der Waals surface area contributed by atoms with Gasteiger partial charge in [-0.3, -0.25) is 0 Å². The third-order valence-electron chi connectivity index (χ3n) is 5.10. The molecular formula is C30H42Cl2O8. The highest BCUT2D eigenvalue weighted by Crippen LogP contribution is 2.29. The lowest BCUT2D eigenvalue weighted by atomic mass is 9.86. The molecule has 40 heavy (non-hydrogen) atoms. The molecule has 0 saturated heterocycles. The molecule has 0 aliphatic heterocycles. The molecular weight excluding hydrogens is 559 g/mol. The summed E-state index contributed by atoms with van der Waals surface area (Å²) in [5.74, 6) is -1.01. The van der Waals surface area contributed by atoms with Gasteiger partial charge >= 0.3 is 18.1 Å². The van der Waals surface area contributed by atoms with Gasteiger partial charge in [0.2, 0.25) is 0 Å². The van der Waals surface area contributed by atoms with Gasteiger partial charge in [-0.05, 0) is 67.0 Å². The van der Waals surface area contributed by atoms with E-state index in [-0.39, 0.29) is 38.8 Å². The van der Waals surface area contributed by atoms with E-state index in [2.05, 4.69) is 4.74 Å². The first-order chi connectivity index (χ1) is 18.2. The Morgan fingerprint density at radius 1 is 0.725 bits per heavy atom. The predicted octanol–water partition coefficient (Wildman–Crippen LogP) is 7.98. The summed E-state index contributed by atoms with van der Waals surface area (Å²) >= 11 is 9.53. The molecule has 0 unspecified atom stereocenters. The van der Waals surface area contributed by atoms with Crippen molar-refractivity contribution in [2.24, 2.45) is 0 Å². The smallest absolute Gasteiger partial charge is 0.507 e. The third-order valence-corrected chi connectivity index (χ3v) is 5.10. The predicted molar refractivity (Wildman–Crippen MR) is 158 cm³/mol. The summed E-state index contributed by atoms with van der Waals surface area (Å²) in [4.78, 5) is 35.0.